The fourth-order valence-electron chi connectivity index (χ4n) is 1.37. The summed E-state index contributed by atoms with van der Waals surface area (Å²) in [5, 5.41) is 4.82. The predicted octanol–water partition coefficient (Wildman–Crippen LogP) is 0.998. The second-order valence-electron chi connectivity index (χ2n) is 3.79. The van der Waals surface area contributed by atoms with Gasteiger partial charge in [-0.05, 0) is 26.0 Å². The van der Waals surface area contributed by atoms with Gasteiger partial charge in [0.25, 0.3) is 5.91 Å². The molecule has 2 amide bonds. The summed E-state index contributed by atoms with van der Waals surface area (Å²) in [4.78, 5) is 22.9. The molecule has 1 rings (SSSR count). The van der Waals surface area contributed by atoms with Crippen molar-refractivity contribution < 1.29 is 14.0 Å². The first-order chi connectivity index (χ1) is 7.95. The molecule has 0 heterocycles. The van der Waals surface area contributed by atoms with E-state index in [0.717, 1.165) is 5.56 Å². The van der Waals surface area contributed by atoms with Gasteiger partial charge in [-0.2, -0.15) is 0 Å². The lowest BCUT2D eigenvalue weighted by Gasteiger charge is -2.12. The third kappa shape index (κ3) is 3.27. The van der Waals surface area contributed by atoms with Gasteiger partial charge in [-0.15, -0.1) is 0 Å². The first-order valence-corrected chi connectivity index (χ1v) is 5.24. The first kappa shape index (κ1) is 13.2. The van der Waals surface area contributed by atoms with Crippen LogP contribution >= 0.6 is 0 Å². The van der Waals surface area contributed by atoms with Gasteiger partial charge < -0.3 is 10.6 Å². The van der Waals surface area contributed by atoms with Gasteiger partial charge in [0.15, 0.2) is 0 Å². The summed E-state index contributed by atoms with van der Waals surface area (Å²) in [5.41, 5.74) is 0.727. The van der Waals surface area contributed by atoms with Crippen molar-refractivity contribution in [3.05, 3.63) is 35.1 Å². The molecule has 92 valence electrons. The quantitative estimate of drug-likeness (QED) is 0.825. The van der Waals surface area contributed by atoms with Crippen molar-refractivity contribution in [1.29, 1.82) is 0 Å². The Bertz CT molecular complexity index is 446. The molecule has 0 saturated heterocycles. The minimum absolute atomic E-state index is 0.0549. The zero-order valence-electron chi connectivity index (χ0n) is 10.0. The lowest BCUT2D eigenvalue weighted by Crippen LogP contribution is -2.43. The smallest absolute Gasteiger partial charge is 0.254 e. The summed E-state index contributed by atoms with van der Waals surface area (Å²) in [7, 11) is 1.47. The number of nitrogens with one attached hydrogen (secondary N) is 2. The molecular formula is C12H15FN2O2. The Morgan fingerprint density at radius 3 is 2.59 bits per heavy atom. The fraction of sp³-hybridized carbons (Fsp3) is 0.333. The normalized spacial score (nSPS) is 11.8. The van der Waals surface area contributed by atoms with Gasteiger partial charge >= 0.3 is 0 Å². The van der Waals surface area contributed by atoms with E-state index in [9.17, 15) is 14.0 Å². The molecule has 0 spiro atoms. The Morgan fingerprint density at radius 2 is 2.00 bits per heavy atom. The number of amides is 2. The molecule has 1 aromatic carbocycles. The van der Waals surface area contributed by atoms with E-state index in [1.54, 1.807) is 13.0 Å². The van der Waals surface area contributed by atoms with Crippen molar-refractivity contribution in [3.63, 3.8) is 0 Å². The molecule has 0 aliphatic carbocycles. The second kappa shape index (κ2) is 5.43. The Morgan fingerprint density at radius 1 is 1.35 bits per heavy atom. The molecule has 0 aliphatic rings. The summed E-state index contributed by atoms with van der Waals surface area (Å²) >= 11 is 0. The standard InChI is InChI=1S/C12H15FN2O2/c1-7-4-5-10(13)9(6-7)12(17)15-8(2)11(16)14-3/h4-6,8H,1-3H3,(H,14,16)(H,15,17). The molecule has 2 N–H and O–H groups in total. The molecule has 17 heavy (non-hydrogen) atoms. The van der Waals surface area contributed by atoms with Crippen molar-refractivity contribution in [2.24, 2.45) is 0 Å². The third-order valence-electron chi connectivity index (χ3n) is 2.35. The van der Waals surface area contributed by atoms with Crippen LogP contribution in [0.25, 0.3) is 0 Å². The highest BCUT2D eigenvalue weighted by molar-refractivity contribution is 5.97. The predicted molar refractivity (Wildman–Crippen MR) is 62.1 cm³/mol. The number of carbonyl (C=O) groups is 2. The molecular weight excluding hydrogens is 223 g/mol. The average Bonchev–Trinajstić information content (AvgIpc) is 2.30. The number of hydrogen-bond donors (Lipinski definition) is 2. The van der Waals surface area contributed by atoms with Gasteiger partial charge in [-0.1, -0.05) is 11.6 Å². The molecule has 1 aromatic rings. The molecule has 0 bridgehead atoms. The van der Waals surface area contributed by atoms with Gasteiger partial charge in [0.1, 0.15) is 11.9 Å². The van der Waals surface area contributed by atoms with Crippen molar-refractivity contribution in [1.82, 2.24) is 10.6 Å². The summed E-state index contributed by atoms with van der Waals surface area (Å²) in [6.07, 6.45) is 0. The Labute approximate surface area is 99.2 Å². The van der Waals surface area contributed by atoms with Crippen molar-refractivity contribution in [2.45, 2.75) is 19.9 Å². The van der Waals surface area contributed by atoms with Gasteiger partial charge in [0.2, 0.25) is 5.91 Å². The molecule has 0 aromatic heterocycles. The van der Waals surface area contributed by atoms with Crippen molar-refractivity contribution >= 4 is 11.8 Å². The molecule has 0 fully saturated rings. The molecule has 1 unspecified atom stereocenters. The van der Waals surface area contributed by atoms with Crippen LogP contribution in [0.4, 0.5) is 4.39 Å². The lowest BCUT2D eigenvalue weighted by atomic mass is 10.1. The zero-order chi connectivity index (χ0) is 13.0. The maximum Gasteiger partial charge on any atom is 0.254 e. The van der Waals surface area contributed by atoms with Crippen LogP contribution in [0.5, 0.6) is 0 Å². The van der Waals surface area contributed by atoms with Crippen LogP contribution in [-0.2, 0) is 4.79 Å². The topological polar surface area (TPSA) is 58.2 Å². The van der Waals surface area contributed by atoms with Crippen LogP contribution in [0.1, 0.15) is 22.8 Å². The second-order valence-corrected chi connectivity index (χ2v) is 3.79. The number of likely N-dealkylation sites (N-methyl/N-ethyl adjacent to an activating group) is 1. The molecule has 1 atom stereocenters. The SMILES string of the molecule is CNC(=O)C(C)NC(=O)c1cc(C)ccc1F. The number of benzene rings is 1. The Hall–Kier alpha value is -1.91. The fourth-order valence-corrected chi connectivity index (χ4v) is 1.37. The summed E-state index contributed by atoms with van der Waals surface area (Å²) < 4.78 is 13.4. The minimum Gasteiger partial charge on any atom is -0.357 e. The van der Waals surface area contributed by atoms with E-state index in [-0.39, 0.29) is 11.5 Å². The van der Waals surface area contributed by atoms with Crippen molar-refractivity contribution in [2.75, 3.05) is 7.05 Å². The zero-order valence-corrected chi connectivity index (χ0v) is 10.0. The van der Waals surface area contributed by atoms with Crippen LogP contribution in [0.2, 0.25) is 0 Å². The molecule has 0 aliphatic heterocycles. The Balaban J connectivity index is 2.83. The van der Waals surface area contributed by atoms with Gasteiger partial charge in [0.05, 0.1) is 5.56 Å². The molecule has 0 radical (unpaired) electrons. The van der Waals surface area contributed by atoms with Crippen LogP contribution in [-0.4, -0.2) is 24.9 Å². The highest BCUT2D eigenvalue weighted by Gasteiger charge is 2.17. The Kier molecular flexibility index (Phi) is 4.20. The maximum atomic E-state index is 13.4. The van der Waals surface area contributed by atoms with Crippen LogP contribution in [0.15, 0.2) is 18.2 Å². The van der Waals surface area contributed by atoms with Gasteiger partial charge in [0, 0.05) is 7.05 Å². The number of carbonyl (C=O) groups excluding carboxylic acids is 2. The minimum atomic E-state index is -0.701. The molecule has 0 saturated carbocycles. The van der Waals surface area contributed by atoms with E-state index in [1.165, 1.54) is 26.1 Å². The van der Waals surface area contributed by atoms with E-state index in [4.69, 9.17) is 0 Å². The first-order valence-electron chi connectivity index (χ1n) is 5.24. The highest BCUT2D eigenvalue weighted by atomic mass is 19.1. The van der Waals surface area contributed by atoms with E-state index >= 15 is 0 Å². The largest absolute Gasteiger partial charge is 0.357 e. The number of hydrogen-bond acceptors (Lipinski definition) is 2. The van der Waals surface area contributed by atoms with Crippen LogP contribution in [0.3, 0.4) is 0 Å². The highest BCUT2D eigenvalue weighted by Crippen LogP contribution is 2.10. The molecule has 5 heteroatoms. The van der Waals surface area contributed by atoms with Crippen LogP contribution < -0.4 is 10.6 Å². The molecule has 4 nitrogen and oxygen atoms in total. The number of rotatable bonds is 3. The van der Waals surface area contributed by atoms with Crippen LogP contribution in [0, 0.1) is 12.7 Å². The van der Waals surface area contributed by atoms with Gasteiger partial charge in [-0.25, -0.2) is 4.39 Å². The monoisotopic (exact) mass is 238 g/mol. The number of halogens is 1. The summed E-state index contributed by atoms with van der Waals surface area (Å²) in [5.74, 6) is -1.52. The average molecular weight is 238 g/mol. The summed E-state index contributed by atoms with van der Waals surface area (Å²) in [6.45, 7) is 3.29. The van der Waals surface area contributed by atoms with E-state index in [1.807, 2.05) is 0 Å². The van der Waals surface area contributed by atoms with Crippen molar-refractivity contribution in [3.8, 4) is 0 Å². The maximum absolute atomic E-state index is 13.4. The van der Waals surface area contributed by atoms with E-state index < -0.39 is 17.8 Å². The number of aryl methyl sites for hydroxylation is 1. The summed E-state index contributed by atoms with van der Waals surface area (Å²) in [6, 6.07) is 3.55. The van der Waals surface area contributed by atoms with Gasteiger partial charge in [-0.3, -0.25) is 9.59 Å². The third-order valence-corrected chi connectivity index (χ3v) is 2.35. The lowest BCUT2D eigenvalue weighted by molar-refractivity contribution is -0.122. The van der Waals surface area contributed by atoms with E-state index in [2.05, 4.69) is 10.6 Å². The van der Waals surface area contributed by atoms with E-state index in [0.29, 0.717) is 0 Å².